The molecule has 0 fully saturated rings. The van der Waals surface area contributed by atoms with Crippen LogP contribution in [0.15, 0.2) is 18.2 Å². The summed E-state index contributed by atoms with van der Waals surface area (Å²) in [6.45, 7) is -1.06. The van der Waals surface area contributed by atoms with Gasteiger partial charge in [-0.15, -0.1) is 0 Å². The first-order valence-electron chi connectivity index (χ1n) is 4.79. The molecule has 0 bridgehead atoms. The van der Waals surface area contributed by atoms with Gasteiger partial charge in [0.2, 0.25) is 5.75 Å². The Morgan fingerprint density at radius 3 is 2.63 bits per heavy atom. The highest BCUT2D eigenvalue weighted by Gasteiger charge is 2.41. The Labute approximate surface area is 110 Å². The summed E-state index contributed by atoms with van der Waals surface area (Å²) in [7, 11) is 0. The molecule has 19 heavy (non-hydrogen) atoms. The number of nitrogens with zero attached hydrogens (tertiary/aromatic N) is 2. The zero-order valence-corrected chi connectivity index (χ0v) is 9.90. The number of nitriles is 1. The lowest BCUT2D eigenvalue weighted by atomic mass is 10.2. The van der Waals surface area contributed by atoms with Crippen molar-refractivity contribution in [3.8, 4) is 11.8 Å². The van der Waals surface area contributed by atoms with Crippen LogP contribution in [0.3, 0.4) is 0 Å². The number of halogens is 4. The number of nitro benzene ring substituents is 1. The molecule has 0 aliphatic rings. The van der Waals surface area contributed by atoms with Gasteiger partial charge in [0, 0.05) is 6.07 Å². The van der Waals surface area contributed by atoms with Crippen LogP contribution in [-0.4, -0.2) is 17.7 Å². The average molecular weight is 295 g/mol. The normalized spacial score (nSPS) is 12.6. The summed E-state index contributed by atoms with van der Waals surface area (Å²) in [5.74, 6) is -2.87. The number of alkyl halides is 3. The Bertz CT molecular complexity index is 528. The predicted molar refractivity (Wildman–Crippen MR) is 58.8 cm³/mol. The van der Waals surface area contributed by atoms with Crippen LogP contribution in [0, 0.1) is 27.4 Å². The van der Waals surface area contributed by atoms with Crippen molar-refractivity contribution in [2.24, 2.45) is 5.92 Å². The molecule has 0 aliphatic carbocycles. The Morgan fingerprint density at radius 2 is 2.16 bits per heavy atom. The first kappa shape index (κ1) is 15.0. The van der Waals surface area contributed by atoms with Crippen molar-refractivity contribution in [2.45, 2.75) is 6.18 Å². The van der Waals surface area contributed by atoms with Crippen molar-refractivity contribution in [3.63, 3.8) is 0 Å². The van der Waals surface area contributed by atoms with E-state index in [-0.39, 0.29) is 5.02 Å². The molecule has 1 atom stereocenters. The maximum atomic E-state index is 12.3. The number of rotatable bonds is 4. The molecule has 0 saturated carbocycles. The van der Waals surface area contributed by atoms with Crippen molar-refractivity contribution in [1.82, 2.24) is 0 Å². The highest BCUT2D eigenvalue weighted by Crippen LogP contribution is 2.35. The zero-order valence-electron chi connectivity index (χ0n) is 9.15. The lowest BCUT2D eigenvalue weighted by Crippen LogP contribution is -2.27. The molecule has 0 saturated heterocycles. The Morgan fingerprint density at radius 1 is 1.53 bits per heavy atom. The van der Waals surface area contributed by atoms with Gasteiger partial charge in [-0.3, -0.25) is 10.1 Å². The largest absolute Gasteiger partial charge is 0.484 e. The van der Waals surface area contributed by atoms with E-state index in [2.05, 4.69) is 0 Å². The van der Waals surface area contributed by atoms with E-state index in [0.29, 0.717) is 0 Å². The van der Waals surface area contributed by atoms with E-state index in [4.69, 9.17) is 21.6 Å². The van der Waals surface area contributed by atoms with Crippen LogP contribution in [0.5, 0.6) is 5.75 Å². The summed E-state index contributed by atoms with van der Waals surface area (Å²) in [5.41, 5.74) is -0.564. The van der Waals surface area contributed by atoms with E-state index in [1.807, 2.05) is 0 Å². The fourth-order valence-electron chi connectivity index (χ4n) is 1.16. The average Bonchev–Trinajstić information content (AvgIpc) is 2.29. The predicted octanol–water partition coefficient (Wildman–Crippen LogP) is 3.33. The van der Waals surface area contributed by atoms with Crippen molar-refractivity contribution in [2.75, 3.05) is 6.61 Å². The van der Waals surface area contributed by atoms with Gasteiger partial charge in [0.05, 0.1) is 16.0 Å². The maximum absolute atomic E-state index is 12.3. The highest BCUT2D eigenvalue weighted by molar-refractivity contribution is 6.32. The molecule has 1 aromatic carbocycles. The fourth-order valence-corrected chi connectivity index (χ4v) is 1.38. The quantitative estimate of drug-likeness (QED) is 0.630. The van der Waals surface area contributed by atoms with Gasteiger partial charge in [-0.2, -0.15) is 18.4 Å². The lowest BCUT2D eigenvalue weighted by Gasteiger charge is -2.14. The third-order valence-electron chi connectivity index (χ3n) is 2.09. The number of nitro groups is 1. The highest BCUT2D eigenvalue weighted by atomic mass is 35.5. The first-order chi connectivity index (χ1) is 8.77. The van der Waals surface area contributed by atoms with Crippen LogP contribution in [0.1, 0.15) is 0 Å². The standard InChI is InChI=1S/C10H6ClF3N2O3/c11-7-2-1-3-8(16(17)18)9(7)19-5-6(4-15)10(12,13)14/h1-3,6H,5H2. The molecule has 9 heteroatoms. The van der Waals surface area contributed by atoms with Crippen molar-refractivity contribution >= 4 is 17.3 Å². The van der Waals surface area contributed by atoms with Gasteiger partial charge < -0.3 is 4.74 Å². The third-order valence-corrected chi connectivity index (χ3v) is 2.39. The topological polar surface area (TPSA) is 76.2 Å². The second kappa shape index (κ2) is 5.75. The van der Waals surface area contributed by atoms with E-state index >= 15 is 0 Å². The Hall–Kier alpha value is -2.01. The van der Waals surface area contributed by atoms with Crippen LogP contribution in [-0.2, 0) is 0 Å². The molecular formula is C10H6ClF3N2O3. The smallest absolute Gasteiger partial charge is 0.407 e. The molecule has 0 spiro atoms. The van der Waals surface area contributed by atoms with Crippen LogP contribution >= 0.6 is 11.6 Å². The fraction of sp³-hybridized carbons (Fsp3) is 0.300. The van der Waals surface area contributed by atoms with Crippen molar-refractivity contribution in [3.05, 3.63) is 33.3 Å². The molecule has 0 N–H and O–H groups in total. The van der Waals surface area contributed by atoms with Gasteiger partial charge in [0.15, 0.2) is 5.92 Å². The van der Waals surface area contributed by atoms with E-state index in [1.54, 1.807) is 0 Å². The lowest BCUT2D eigenvalue weighted by molar-refractivity contribution is -0.386. The summed E-state index contributed by atoms with van der Waals surface area (Å²) >= 11 is 5.62. The number of ether oxygens (including phenoxy) is 1. The monoisotopic (exact) mass is 294 g/mol. The number of hydrogen-bond acceptors (Lipinski definition) is 4. The second-order valence-electron chi connectivity index (χ2n) is 3.38. The summed E-state index contributed by atoms with van der Waals surface area (Å²) in [6.07, 6.45) is -4.77. The first-order valence-corrected chi connectivity index (χ1v) is 5.17. The van der Waals surface area contributed by atoms with Gasteiger partial charge in [-0.25, -0.2) is 0 Å². The number of benzene rings is 1. The number of para-hydroxylation sites is 1. The molecular weight excluding hydrogens is 289 g/mol. The molecule has 0 heterocycles. The molecule has 1 aromatic rings. The van der Waals surface area contributed by atoms with E-state index < -0.39 is 35.1 Å². The molecule has 0 aliphatic heterocycles. The minimum Gasteiger partial charge on any atom is -0.484 e. The van der Waals surface area contributed by atoms with Gasteiger partial charge in [0.25, 0.3) is 0 Å². The molecule has 102 valence electrons. The molecule has 0 aromatic heterocycles. The molecule has 0 amide bonds. The molecule has 5 nitrogen and oxygen atoms in total. The van der Waals surface area contributed by atoms with Gasteiger partial charge in [0.1, 0.15) is 6.61 Å². The van der Waals surface area contributed by atoms with Crippen LogP contribution in [0.25, 0.3) is 0 Å². The SMILES string of the molecule is N#CC(COc1c(Cl)cccc1[N+](=O)[O-])C(F)(F)F. The van der Waals surface area contributed by atoms with Crippen molar-refractivity contribution in [1.29, 1.82) is 5.26 Å². The van der Waals surface area contributed by atoms with Gasteiger partial charge >= 0.3 is 11.9 Å². The minimum atomic E-state index is -4.77. The second-order valence-corrected chi connectivity index (χ2v) is 3.79. The van der Waals surface area contributed by atoms with E-state index in [0.717, 1.165) is 12.1 Å². The summed E-state index contributed by atoms with van der Waals surface area (Å²) in [6, 6.07) is 4.55. The summed E-state index contributed by atoms with van der Waals surface area (Å²) in [4.78, 5) is 9.83. The van der Waals surface area contributed by atoms with Crippen LogP contribution in [0.4, 0.5) is 18.9 Å². The zero-order chi connectivity index (χ0) is 14.6. The molecule has 1 rings (SSSR count). The van der Waals surface area contributed by atoms with E-state index in [9.17, 15) is 23.3 Å². The van der Waals surface area contributed by atoms with Crippen LogP contribution < -0.4 is 4.74 Å². The third kappa shape index (κ3) is 3.72. The summed E-state index contributed by atoms with van der Waals surface area (Å²) < 4.78 is 41.6. The summed E-state index contributed by atoms with van der Waals surface area (Å²) in [5, 5.41) is 18.8. The minimum absolute atomic E-state index is 0.201. The number of hydrogen-bond donors (Lipinski definition) is 0. The molecule has 0 radical (unpaired) electrons. The van der Waals surface area contributed by atoms with E-state index in [1.165, 1.54) is 12.1 Å². The molecule has 1 unspecified atom stereocenters. The Balaban J connectivity index is 2.95. The van der Waals surface area contributed by atoms with Gasteiger partial charge in [-0.1, -0.05) is 17.7 Å². The Kier molecular flexibility index (Phi) is 4.56. The van der Waals surface area contributed by atoms with Crippen molar-refractivity contribution < 1.29 is 22.8 Å². The van der Waals surface area contributed by atoms with Gasteiger partial charge in [-0.05, 0) is 6.07 Å². The maximum Gasteiger partial charge on any atom is 0.407 e. The van der Waals surface area contributed by atoms with Crippen LogP contribution in [0.2, 0.25) is 5.02 Å².